The lowest BCUT2D eigenvalue weighted by Crippen LogP contribution is -2.28. The highest BCUT2D eigenvalue weighted by molar-refractivity contribution is 9.10. The van der Waals surface area contributed by atoms with Crippen molar-refractivity contribution in [2.24, 2.45) is 5.92 Å². The molecule has 0 bridgehead atoms. The number of carbonyl (C=O) groups excluding carboxylic acids is 2. The molecule has 1 atom stereocenters. The van der Waals surface area contributed by atoms with Crippen LogP contribution >= 0.6 is 15.9 Å². The number of anilines is 2. The predicted molar refractivity (Wildman–Crippen MR) is 96.3 cm³/mol. The first-order valence-corrected chi connectivity index (χ1v) is 8.34. The average molecular weight is 404 g/mol. The van der Waals surface area contributed by atoms with Gasteiger partial charge in [0, 0.05) is 40.9 Å². The average Bonchev–Trinajstić information content (AvgIpc) is 2.98. The molecule has 0 radical (unpaired) electrons. The van der Waals surface area contributed by atoms with E-state index >= 15 is 0 Å². The first-order chi connectivity index (χ1) is 11.9. The van der Waals surface area contributed by atoms with Gasteiger partial charge in [0.15, 0.2) is 0 Å². The Kier molecular flexibility index (Phi) is 4.80. The molecule has 1 aliphatic heterocycles. The van der Waals surface area contributed by atoms with E-state index < -0.39 is 10.8 Å². The van der Waals surface area contributed by atoms with Gasteiger partial charge in [0.25, 0.3) is 5.69 Å². The molecular formula is C17H14BrN3O4. The zero-order chi connectivity index (χ0) is 18.0. The molecule has 1 N–H and O–H groups in total. The topological polar surface area (TPSA) is 92.5 Å². The number of carbonyl (C=O) groups is 2. The molecular weight excluding hydrogens is 390 g/mol. The van der Waals surface area contributed by atoms with Crippen LogP contribution in [0.3, 0.4) is 0 Å². The highest BCUT2D eigenvalue weighted by Gasteiger charge is 2.35. The Morgan fingerprint density at radius 3 is 2.40 bits per heavy atom. The second-order valence-electron chi connectivity index (χ2n) is 5.68. The van der Waals surface area contributed by atoms with Crippen LogP contribution in [0, 0.1) is 16.0 Å². The van der Waals surface area contributed by atoms with Crippen molar-refractivity contribution in [3.63, 3.8) is 0 Å². The van der Waals surface area contributed by atoms with Crippen molar-refractivity contribution in [2.45, 2.75) is 6.42 Å². The number of benzene rings is 2. The van der Waals surface area contributed by atoms with Crippen LogP contribution in [-0.4, -0.2) is 23.3 Å². The van der Waals surface area contributed by atoms with Crippen molar-refractivity contribution < 1.29 is 14.5 Å². The van der Waals surface area contributed by atoms with Crippen molar-refractivity contribution in [3.8, 4) is 0 Å². The van der Waals surface area contributed by atoms with Gasteiger partial charge < -0.3 is 10.2 Å². The van der Waals surface area contributed by atoms with E-state index in [-0.39, 0.29) is 23.9 Å². The number of rotatable bonds is 4. The monoisotopic (exact) mass is 403 g/mol. The molecule has 0 spiro atoms. The number of halogens is 1. The minimum Gasteiger partial charge on any atom is -0.326 e. The largest absolute Gasteiger partial charge is 0.326 e. The Morgan fingerprint density at radius 1 is 1.16 bits per heavy atom. The van der Waals surface area contributed by atoms with E-state index in [2.05, 4.69) is 21.2 Å². The second-order valence-corrected chi connectivity index (χ2v) is 6.59. The van der Waals surface area contributed by atoms with E-state index in [0.717, 1.165) is 10.2 Å². The van der Waals surface area contributed by atoms with E-state index in [1.54, 1.807) is 4.90 Å². The fourth-order valence-corrected chi connectivity index (χ4v) is 2.93. The number of amides is 2. The number of non-ortho nitro benzene ring substituents is 1. The van der Waals surface area contributed by atoms with Crippen molar-refractivity contribution >= 4 is 44.8 Å². The highest BCUT2D eigenvalue weighted by Crippen LogP contribution is 2.27. The molecule has 0 aliphatic carbocycles. The smallest absolute Gasteiger partial charge is 0.269 e. The second kappa shape index (κ2) is 7.02. The number of hydrogen-bond acceptors (Lipinski definition) is 4. The van der Waals surface area contributed by atoms with Gasteiger partial charge in [-0.05, 0) is 36.4 Å². The van der Waals surface area contributed by atoms with Gasteiger partial charge in [0.2, 0.25) is 11.8 Å². The third kappa shape index (κ3) is 3.85. The van der Waals surface area contributed by atoms with Crippen molar-refractivity contribution in [2.75, 3.05) is 16.8 Å². The van der Waals surface area contributed by atoms with Crippen molar-refractivity contribution in [3.05, 3.63) is 63.1 Å². The third-order valence-corrected chi connectivity index (χ3v) is 4.51. The lowest BCUT2D eigenvalue weighted by molar-refractivity contribution is -0.384. The standard InChI is InChI=1S/C17H14BrN3O4/c18-12-1-5-14(6-2-12)20-10-11(9-16(20)22)17(23)19-13-3-7-15(8-4-13)21(24)25/h1-8,11H,9-10H2,(H,19,23)/t11-/m0/s1. The fourth-order valence-electron chi connectivity index (χ4n) is 2.66. The van der Waals surface area contributed by atoms with E-state index in [1.807, 2.05) is 24.3 Å². The van der Waals surface area contributed by atoms with Gasteiger partial charge in [-0.1, -0.05) is 15.9 Å². The summed E-state index contributed by atoms with van der Waals surface area (Å²) in [6.07, 6.45) is 0.134. The van der Waals surface area contributed by atoms with Crippen molar-refractivity contribution in [1.29, 1.82) is 0 Å². The van der Waals surface area contributed by atoms with Gasteiger partial charge in [-0.3, -0.25) is 19.7 Å². The number of nitro benzene ring substituents is 1. The van der Waals surface area contributed by atoms with Crippen LogP contribution in [0.2, 0.25) is 0 Å². The molecule has 2 aromatic rings. The summed E-state index contributed by atoms with van der Waals surface area (Å²) in [6.45, 7) is 0.305. The van der Waals surface area contributed by atoms with Gasteiger partial charge in [-0.2, -0.15) is 0 Å². The molecule has 8 heteroatoms. The fraction of sp³-hybridized carbons (Fsp3) is 0.176. The first-order valence-electron chi connectivity index (χ1n) is 7.55. The van der Waals surface area contributed by atoms with E-state index in [1.165, 1.54) is 24.3 Å². The lowest BCUT2D eigenvalue weighted by Gasteiger charge is -2.16. The third-order valence-electron chi connectivity index (χ3n) is 3.98. The summed E-state index contributed by atoms with van der Waals surface area (Å²) in [5, 5.41) is 13.3. The van der Waals surface area contributed by atoms with Crippen LogP contribution in [0.1, 0.15) is 6.42 Å². The van der Waals surface area contributed by atoms with Gasteiger partial charge in [-0.15, -0.1) is 0 Å². The summed E-state index contributed by atoms with van der Waals surface area (Å²) >= 11 is 3.35. The molecule has 2 aromatic carbocycles. The molecule has 25 heavy (non-hydrogen) atoms. The molecule has 2 amide bonds. The normalized spacial score (nSPS) is 16.8. The molecule has 1 aliphatic rings. The summed E-state index contributed by atoms with van der Waals surface area (Å²) < 4.78 is 0.912. The molecule has 0 unspecified atom stereocenters. The summed E-state index contributed by atoms with van der Waals surface area (Å²) in [5.74, 6) is -0.848. The Morgan fingerprint density at radius 2 is 1.80 bits per heavy atom. The molecule has 1 saturated heterocycles. The van der Waals surface area contributed by atoms with Gasteiger partial charge in [0.05, 0.1) is 10.8 Å². The van der Waals surface area contributed by atoms with Crippen LogP contribution in [-0.2, 0) is 9.59 Å². The Bertz CT molecular complexity index is 821. The van der Waals surface area contributed by atoms with E-state index in [0.29, 0.717) is 12.2 Å². The molecule has 3 rings (SSSR count). The molecule has 1 heterocycles. The van der Waals surface area contributed by atoms with E-state index in [9.17, 15) is 19.7 Å². The molecule has 0 saturated carbocycles. The predicted octanol–water partition coefficient (Wildman–Crippen LogP) is 3.35. The minimum atomic E-state index is -0.503. The van der Waals surface area contributed by atoms with E-state index in [4.69, 9.17) is 0 Å². The van der Waals surface area contributed by atoms with Gasteiger partial charge >= 0.3 is 0 Å². The zero-order valence-corrected chi connectivity index (χ0v) is 14.6. The summed E-state index contributed by atoms with van der Waals surface area (Å²) in [6, 6.07) is 12.9. The van der Waals surface area contributed by atoms with Crippen LogP contribution in [0.25, 0.3) is 0 Å². The SMILES string of the molecule is O=C(Nc1ccc([N+](=O)[O-])cc1)[C@H]1CC(=O)N(c2ccc(Br)cc2)C1. The molecule has 128 valence electrons. The maximum Gasteiger partial charge on any atom is 0.269 e. The van der Waals surface area contributed by atoms with Crippen LogP contribution in [0.5, 0.6) is 0 Å². The minimum absolute atomic E-state index is 0.0459. The highest BCUT2D eigenvalue weighted by atomic mass is 79.9. The van der Waals surface area contributed by atoms with Crippen LogP contribution in [0.4, 0.5) is 17.1 Å². The number of nitrogens with one attached hydrogen (secondary N) is 1. The lowest BCUT2D eigenvalue weighted by atomic mass is 10.1. The summed E-state index contributed by atoms with van der Waals surface area (Å²) in [4.78, 5) is 36.3. The van der Waals surface area contributed by atoms with Gasteiger partial charge in [-0.25, -0.2) is 0 Å². The van der Waals surface area contributed by atoms with Gasteiger partial charge in [0.1, 0.15) is 0 Å². The first kappa shape index (κ1) is 17.1. The van der Waals surface area contributed by atoms with Crippen LogP contribution in [0.15, 0.2) is 53.0 Å². The molecule has 0 aromatic heterocycles. The number of nitrogens with zero attached hydrogens (tertiary/aromatic N) is 2. The molecule has 1 fully saturated rings. The number of hydrogen-bond donors (Lipinski definition) is 1. The maximum absolute atomic E-state index is 12.4. The summed E-state index contributed by atoms with van der Waals surface area (Å²) in [5.41, 5.74) is 1.17. The van der Waals surface area contributed by atoms with Crippen molar-refractivity contribution in [1.82, 2.24) is 0 Å². The summed E-state index contributed by atoms with van der Waals surface area (Å²) in [7, 11) is 0. The quantitative estimate of drug-likeness (QED) is 0.625. The Balaban J connectivity index is 1.66. The molecule has 7 nitrogen and oxygen atoms in total. The Labute approximate surface area is 151 Å². The Hall–Kier alpha value is -2.74. The number of nitro groups is 1. The zero-order valence-electron chi connectivity index (χ0n) is 13.0. The maximum atomic E-state index is 12.4. The van der Waals surface area contributed by atoms with Crippen LogP contribution < -0.4 is 10.2 Å².